The molecule has 21 heavy (non-hydrogen) atoms. The van der Waals surface area contributed by atoms with E-state index in [4.69, 9.17) is 0 Å². The summed E-state index contributed by atoms with van der Waals surface area (Å²) in [7, 11) is 0. The molecule has 2 atom stereocenters. The Morgan fingerprint density at radius 1 is 1.43 bits per heavy atom. The number of nitrogens with one attached hydrogen (secondary N) is 1. The second-order valence-corrected chi connectivity index (χ2v) is 5.96. The number of likely N-dealkylation sites (tertiary alicyclic amines) is 1. The third kappa shape index (κ3) is 5.48. The van der Waals surface area contributed by atoms with Gasteiger partial charge in [-0.1, -0.05) is 30.3 Å². The van der Waals surface area contributed by atoms with Crippen molar-refractivity contribution < 1.29 is 9.90 Å². The highest BCUT2D eigenvalue weighted by atomic mass is 16.3. The van der Waals surface area contributed by atoms with Gasteiger partial charge < -0.3 is 10.4 Å². The Kier molecular flexibility index (Phi) is 6.21. The highest BCUT2D eigenvalue weighted by Crippen LogP contribution is 2.18. The van der Waals surface area contributed by atoms with Crippen LogP contribution in [-0.4, -0.2) is 48.2 Å². The monoisotopic (exact) mass is 290 g/mol. The minimum atomic E-state index is -0.274. The van der Waals surface area contributed by atoms with E-state index in [9.17, 15) is 9.90 Å². The number of aliphatic hydroxyl groups is 1. The number of hydrogen-bond donors (Lipinski definition) is 2. The highest BCUT2D eigenvalue weighted by Gasteiger charge is 2.26. The topological polar surface area (TPSA) is 52.6 Å². The first kappa shape index (κ1) is 16.0. The molecule has 1 aromatic carbocycles. The minimum absolute atomic E-state index is 0.0919. The van der Waals surface area contributed by atoms with Crippen molar-refractivity contribution in [3.8, 4) is 0 Å². The van der Waals surface area contributed by atoms with Crippen molar-refractivity contribution >= 4 is 5.91 Å². The molecule has 0 spiro atoms. The molecule has 0 saturated carbocycles. The lowest BCUT2D eigenvalue weighted by Gasteiger charge is -2.16. The number of carbonyl (C=O) groups is 1. The molecule has 0 bridgehead atoms. The summed E-state index contributed by atoms with van der Waals surface area (Å²) in [5, 5.41) is 12.5. The van der Waals surface area contributed by atoms with Crippen molar-refractivity contribution in [2.75, 3.05) is 26.2 Å². The van der Waals surface area contributed by atoms with Gasteiger partial charge in [0.25, 0.3) is 0 Å². The summed E-state index contributed by atoms with van der Waals surface area (Å²) in [4.78, 5) is 14.0. The van der Waals surface area contributed by atoms with Crippen LogP contribution >= 0.6 is 0 Å². The second-order valence-electron chi connectivity index (χ2n) is 5.96. The molecule has 1 saturated heterocycles. The van der Waals surface area contributed by atoms with E-state index in [1.165, 1.54) is 5.56 Å². The van der Waals surface area contributed by atoms with E-state index in [0.717, 1.165) is 38.9 Å². The van der Waals surface area contributed by atoms with Crippen LogP contribution in [0.3, 0.4) is 0 Å². The summed E-state index contributed by atoms with van der Waals surface area (Å²) < 4.78 is 0. The number of aliphatic hydroxyl groups excluding tert-OH is 1. The maximum absolute atomic E-state index is 11.9. The fraction of sp³-hybridized carbons (Fsp3) is 0.588. The van der Waals surface area contributed by atoms with E-state index in [1.54, 1.807) is 0 Å². The first-order valence-electron chi connectivity index (χ1n) is 7.86. The summed E-state index contributed by atoms with van der Waals surface area (Å²) in [5.41, 5.74) is 1.31. The van der Waals surface area contributed by atoms with Crippen LogP contribution in [0.5, 0.6) is 0 Å². The number of carbonyl (C=O) groups excluding carboxylic acids is 1. The summed E-state index contributed by atoms with van der Waals surface area (Å²) >= 11 is 0. The number of aryl methyl sites for hydroxylation is 1. The zero-order chi connectivity index (χ0) is 15.1. The van der Waals surface area contributed by atoms with Gasteiger partial charge in [-0.2, -0.15) is 0 Å². The number of benzene rings is 1. The van der Waals surface area contributed by atoms with Crippen molar-refractivity contribution in [3.05, 3.63) is 35.9 Å². The normalized spacial score (nSPS) is 20.4. The van der Waals surface area contributed by atoms with Crippen molar-refractivity contribution in [1.29, 1.82) is 0 Å². The molecule has 0 aromatic heterocycles. The van der Waals surface area contributed by atoms with Crippen molar-refractivity contribution in [1.82, 2.24) is 10.2 Å². The third-order valence-corrected chi connectivity index (χ3v) is 4.17. The molecule has 1 heterocycles. The van der Waals surface area contributed by atoms with Gasteiger partial charge in [0.15, 0.2) is 0 Å². The molecule has 2 N–H and O–H groups in total. The van der Waals surface area contributed by atoms with Gasteiger partial charge in [0.1, 0.15) is 0 Å². The number of nitrogens with zero attached hydrogens (tertiary/aromatic N) is 1. The van der Waals surface area contributed by atoms with Gasteiger partial charge in [-0.05, 0) is 44.2 Å². The Bertz CT molecular complexity index is 434. The molecule has 2 rings (SSSR count). The quantitative estimate of drug-likeness (QED) is 0.747. The second kappa shape index (κ2) is 8.15. The summed E-state index contributed by atoms with van der Waals surface area (Å²) in [6.45, 7) is 4.75. The van der Waals surface area contributed by atoms with Crippen LogP contribution in [0.4, 0.5) is 0 Å². The van der Waals surface area contributed by atoms with Crippen LogP contribution in [0.15, 0.2) is 30.3 Å². The highest BCUT2D eigenvalue weighted by molar-refractivity contribution is 5.78. The number of amides is 1. The fourth-order valence-corrected chi connectivity index (χ4v) is 2.82. The van der Waals surface area contributed by atoms with Crippen LogP contribution in [0.25, 0.3) is 0 Å². The Balaban J connectivity index is 1.58. The van der Waals surface area contributed by atoms with E-state index < -0.39 is 0 Å². The molecular weight excluding hydrogens is 264 g/mol. The smallest absolute Gasteiger partial charge is 0.234 e. The van der Waals surface area contributed by atoms with E-state index >= 15 is 0 Å². The van der Waals surface area contributed by atoms with Crippen molar-refractivity contribution in [2.24, 2.45) is 5.92 Å². The molecule has 2 unspecified atom stereocenters. The zero-order valence-electron chi connectivity index (χ0n) is 12.8. The predicted octanol–water partition coefficient (Wildman–Crippen LogP) is 1.44. The van der Waals surface area contributed by atoms with Crippen LogP contribution < -0.4 is 5.32 Å². The zero-order valence-corrected chi connectivity index (χ0v) is 12.8. The van der Waals surface area contributed by atoms with Gasteiger partial charge in [0.2, 0.25) is 5.91 Å². The van der Waals surface area contributed by atoms with Crippen LogP contribution in [0.2, 0.25) is 0 Å². The third-order valence-electron chi connectivity index (χ3n) is 4.17. The van der Waals surface area contributed by atoms with E-state index in [2.05, 4.69) is 22.3 Å². The summed E-state index contributed by atoms with van der Waals surface area (Å²) in [6.07, 6.45) is 2.67. The van der Waals surface area contributed by atoms with Crippen LogP contribution in [0.1, 0.15) is 25.3 Å². The van der Waals surface area contributed by atoms with E-state index in [-0.39, 0.29) is 12.0 Å². The van der Waals surface area contributed by atoms with Crippen molar-refractivity contribution in [3.63, 3.8) is 0 Å². The summed E-state index contributed by atoms with van der Waals surface area (Å²) in [5.74, 6) is 0.408. The van der Waals surface area contributed by atoms with Crippen molar-refractivity contribution in [2.45, 2.75) is 32.3 Å². The first-order valence-corrected chi connectivity index (χ1v) is 7.86. The first-order chi connectivity index (χ1) is 10.1. The molecule has 4 nitrogen and oxygen atoms in total. The fourth-order valence-electron chi connectivity index (χ4n) is 2.82. The maximum atomic E-state index is 11.9. The average Bonchev–Trinajstić information content (AvgIpc) is 2.93. The Morgan fingerprint density at radius 2 is 2.19 bits per heavy atom. The van der Waals surface area contributed by atoms with Crippen LogP contribution in [0, 0.1) is 5.92 Å². The van der Waals surface area contributed by atoms with Gasteiger partial charge in [0, 0.05) is 13.1 Å². The molecule has 1 aliphatic heterocycles. The Labute approximate surface area is 127 Å². The van der Waals surface area contributed by atoms with Gasteiger partial charge in [-0.25, -0.2) is 0 Å². The molecule has 1 amide bonds. The molecule has 1 fully saturated rings. The van der Waals surface area contributed by atoms with Gasteiger partial charge in [0.05, 0.1) is 12.6 Å². The van der Waals surface area contributed by atoms with E-state index in [0.29, 0.717) is 12.5 Å². The predicted molar refractivity (Wildman–Crippen MR) is 84.0 cm³/mol. The van der Waals surface area contributed by atoms with Gasteiger partial charge in [-0.15, -0.1) is 0 Å². The van der Waals surface area contributed by atoms with Crippen LogP contribution in [-0.2, 0) is 11.2 Å². The maximum Gasteiger partial charge on any atom is 0.234 e. The molecule has 1 aliphatic rings. The standard InChI is InChI=1S/C17H26N2O2/c1-14(20)16-9-11-19(12-16)13-17(21)18-10-5-8-15-6-3-2-4-7-15/h2-4,6-7,14,16,20H,5,8-13H2,1H3,(H,18,21). The molecule has 116 valence electrons. The molecule has 0 radical (unpaired) electrons. The number of hydrogen-bond acceptors (Lipinski definition) is 3. The SMILES string of the molecule is CC(O)C1CCN(CC(=O)NCCCc2ccccc2)C1. The lowest BCUT2D eigenvalue weighted by molar-refractivity contribution is -0.122. The largest absolute Gasteiger partial charge is 0.393 e. The lowest BCUT2D eigenvalue weighted by atomic mass is 10.0. The minimum Gasteiger partial charge on any atom is -0.393 e. The van der Waals surface area contributed by atoms with Gasteiger partial charge >= 0.3 is 0 Å². The average molecular weight is 290 g/mol. The Hall–Kier alpha value is -1.39. The lowest BCUT2D eigenvalue weighted by Crippen LogP contribution is -2.37. The Morgan fingerprint density at radius 3 is 2.86 bits per heavy atom. The molecule has 0 aliphatic carbocycles. The molecular formula is C17H26N2O2. The van der Waals surface area contributed by atoms with E-state index in [1.807, 2.05) is 25.1 Å². The molecule has 4 heteroatoms. The molecule has 1 aromatic rings. The van der Waals surface area contributed by atoms with Gasteiger partial charge in [-0.3, -0.25) is 9.69 Å². The summed E-state index contributed by atoms with van der Waals surface area (Å²) in [6, 6.07) is 10.3. The number of rotatable bonds is 7.